The van der Waals surface area contributed by atoms with Gasteiger partial charge in [0.1, 0.15) is 0 Å². The fourth-order valence-corrected chi connectivity index (χ4v) is 5.17. The molecule has 0 saturated heterocycles. The zero-order valence-electron chi connectivity index (χ0n) is 12.7. The molecule has 4 unspecified atom stereocenters. The summed E-state index contributed by atoms with van der Waals surface area (Å²) in [4.78, 5) is 0. The highest BCUT2D eigenvalue weighted by molar-refractivity contribution is 9.10. The van der Waals surface area contributed by atoms with Crippen molar-refractivity contribution in [3.63, 3.8) is 0 Å². The van der Waals surface area contributed by atoms with E-state index < -0.39 is 0 Å². The highest BCUT2D eigenvalue weighted by Crippen LogP contribution is 2.50. The van der Waals surface area contributed by atoms with Crippen LogP contribution in [0.2, 0.25) is 5.02 Å². The van der Waals surface area contributed by atoms with E-state index in [0.29, 0.717) is 6.04 Å². The van der Waals surface area contributed by atoms with Crippen molar-refractivity contribution in [3.05, 3.63) is 33.3 Å². The Labute approximate surface area is 142 Å². The van der Waals surface area contributed by atoms with Gasteiger partial charge in [-0.25, -0.2) is 0 Å². The molecule has 4 atom stereocenters. The van der Waals surface area contributed by atoms with Gasteiger partial charge >= 0.3 is 0 Å². The minimum atomic E-state index is 0.596. The van der Waals surface area contributed by atoms with Crippen LogP contribution in [-0.2, 0) is 6.42 Å². The van der Waals surface area contributed by atoms with E-state index in [4.69, 9.17) is 11.6 Å². The molecule has 2 aliphatic rings. The molecule has 1 N–H and O–H groups in total. The largest absolute Gasteiger partial charge is 0.313 e. The van der Waals surface area contributed by atoms with Crippen LogP contribution in [0.15, 0.2) is 22.7 Å². The average Bonchev–Trinajstić information content (AvgIpc) is 3.08. The van der Waals surface area contributed by atoms with Crippen molar-refractivity contribution >= 4 is 27.5 Å². The molecule has 3 rings (SSSR count). The molecular formula is C18H25BrClN. The summed E-state index contributed by atoms with van der Waals surface area (Å²) in [5.74, 6) is 2.82. The lowest BCUT2D eigenvalue weighted by Gasteiger charge is -2.32. The smallest absolute Gasteiger partial charge is 0.0449 e. The van der Waals surface area contributed by atoms with Crippen molar-refractivity contribution in [2.24, 2.45) is 17.8 Å². The molecule has 0 aromatic heterocycles. The van der Waals surface area contributed by atoms with Crippen molar-refractivity contribution in [2.75, 3.05) is 6.54 Å². The van der Waals surface area contributed by atoms with Gasteiger partial charge in [0.25, 0.3) is 0 Å². The van der Waals surface area contributed by atoms with Gasteiger partial charge in [0.05, 0.1) is 0 Å². The van der Waals surface area contributed by atoms with E-state index >= 15 is 0 Å². The Morgan fingerprint density at radius 2 is 2.19 bits per heavy atom. The monoisotopic (exact) mass is 369 g/mol. The molecule has 0 aliphatic heterocycles. The second-order valence-corrected chi connectivity index (χ2v) is 8.16. The van der Waals surface area contributed by atoms with E-state index in [1.165, 1.54) is 37.7 Å². The van der Waals surface area contributed by atoms with Crippen LogP contribution >= 0.6 is 27.5 Å². The highest BCUT2D eigenvalue weighted by Gasteiger charge is 2.42. The third-order valence-corrected chi connectivity index (χ3v) is 6.27. The van der Waals surface area contributed by atoms with Gasteiger partial charge in [-0.1, -0.05) is 46.9 Å². The fourth-order valence-electron chi connectivity index (χ4n) is 4.42. The topological polar surface area (TPSA) is 12.0 Å². The van der Waals surface area contributed by atoms with Crippen molar-refractivity contribution in [1.29, 1.82) is 0 Å². The highest BCUT2D eigenvalue weighted by atomic mass is 79.9. The first-order valence-corrected chi connectivity index (χ1v) is 9.51. The molecule has 2 aliphatic carbocycles. The van der Waals surface area contributed by atoms with Crippen molar-refractivity contribution < 1.29 is 0 Å². The van der Waals surface area contributed by atoms with Gasteiger partial charge in [-0.3, -0.25) is 0 Å². The zero-order chi connectivity index (χ0) is 14.8. The van der Waals surface area contributed by atoms with Crippen LogP contribution in [0.25, 0.3) is 0 Å². The van der Waals surface area contributed by atoms with Crippen LogP contribution in [0.1, 0.15) is 44.6 Å². The van der Waals surface area contributed by atoms with Crippen molar-refractivity contribution in [3.8, 4) is 0 Å². The van der Waals surface area contributed by atoms with E-state index in [1.807, 2.05) is 6.07 Å². The molecule has 2 bridgehead atoms. The van der Waals surface area contributed by atoms with Crippen LogP contribution in [0, 0.1) is 17.8 Å². The maximum Gasteiger partial charge on any atom is 0.0449 e. The maximum absolute atomic E-state index is 6.44. The SMILES string of the molecule is CCCNC(Cc1ccc(Br)cc1Cl)C1CC2CCC1C2. The number of rotatable bonds is 6. The van der Waals surface area contributed by atoms with E-state index in [2.05, 4.69) is 40.3 Å². The molecule has 21 heavy (non-hydrogen) atoms. The maximum atomic E-state index is 6.44. The van der Waals surface area contributed by atoms with Crippen LogP contribution in [-0.4, -0.2) is 12.6 Å². The van der Waals surface area contributed by atoms with Gasteiger partial charge in [0.15, 0.2) is 0 Å². The summed E-state index contributed by atoms with van der Waals surface area (Å²) < 4.78 is 1.06. The Kier molecular flexibility index (Phi) is 5.29. The molecule has 116 valence electrons. The number of fused-ring (bicyclic) bond motifs is 2. The Morgan fingerprint density at radius 3 is 2.81 bits per heavy atom. The molecule has 0 amide bonds. The summed E-state index contributed by atoms with van der Waals surface area (Å²) in [6, 6.07) is 6.91. The Morgan fingerprint density at radius 1 is 1.33 bits per heavy atom. The lowest BCUT2D eigenvalue weighted by atomic mass is 9.81. The summed E-state index contributed by atoms with van der Waals surface area (Å²) in [5, 5.41) is 4.72. The Bertz CT molecular complexity index is 490. The normalized spacial score (nSPS) is 29.0. The molecule has 1 aromatic carbocycles. The molecule has 2 fully saturated rings. The minimum absolute atomic E-state index is 0.596. The van der Waals surface area contributed by atoms with E-state index in [0.717, 1.165) is 40.2 Å². The third kappa shape index (κ3) is 3.65. The van der Waals surface area contributed by atoms with E-state index in [1.54, 1.807) is 0 Å². The number of hydrogen-bond donors (Lipinski definition) is 1. The summed E-state index contributed by atoms with van der Waals surface area (Å²) >= 11 is 9.93. The van der Waals surface area contributed by atoms with E-state index in [9.17, 15) is 0 Å². The Hall–Kier alpha value is -0.0500. The van der Waals surface area contributed by atoms with Gasteiger partial charge in [-0.05, 0) is 74.1 Å². The van der Waals surface area contributed by atoms with Gasteiger partial charge in [0.2, 0.25) is 0 Å². The van der Waals surface area contributed by atoms with Crippen LogP contribution < -0.4 is 5.32 Å². The predicted octanol–water partition coefficient (Wildman–Crippen LogP) is 5.45. The molecule has 0 heterocycles. The molecule has 3 heteroatoms. The van der Waals surface area contributed by atoms with Crippen LogP contribution in [0.3, 0.4) is 0 Å². The van der Waals surface area contributed by atoms with Gasteiger partial charge in [-0.2, -0.15) is 0 Å². The third-order valence-electron chi connectivity index (χ3n) is 5.42. The number of benzene rings is 1. The first kappa shape index (κ1) is 15.8. The number of hydrogen-bond acceptors (Lipinski definition) is 1. The second kappa shape index (κ2) is 7.02. The average molecular weight is 371 g/mol. The number of nitrogens with one attached hydrogen (secondary N) is 1. The molecule has 0 radical (unpaired) electrons. The van der Waals surface area contributed by atoms with Crippen molar-refractivity contribution in [2.45, 2.75) is 51.5 Å². The zero-order valence-corrected chi connectivity index (χ0v) is 15.1. The quantitative estimate of drug-likeness (QED) is 0.702. The van der Waals surface area contributed by atoms with Gasteiger partial charge in [0, 0.05) is 15.5 Å². The van der Waals surface area contributed by atoms with Crippen LogP contribution in [0.4, 0.5) is 0 Å². The lowest BCUT2D eigenvalue weighted by Crippen LogP contribution is -2.40. The first-order valence-electron chi connectivity index (χ1n) is 8.34. The summed E-state index contributed by atoms with van der Waals surface area (Å²) in [7, 11) is 0. The minimum Gasteiger partial charge on any atom is -0.313 e. The summed E-state index contributed by atoms with van der Waals surface area (Å²) in [5.41, 5.74) is 1.29. The summed E-state index contributed by atoms with van der Waals surface area (Å²) in [6.07, 6.45) is 8.10. The molecule has 1 aromatic rings. The molecule has 1 nitrogen and oxygen atoms in total. The van der Waals surface area contributed by atoms with E-state index in [-0.39, 0.29) is 0 Å². The summed E-state index contributed by atoms with van der Waals surface area (Å²) in [6.45, 7) is 3.37. The Balaban J connectivity index is 1.73. The molecular weight excluding hydrogens is 346 g/mol. The van der Waals surface area contributed by atoms with Gasteiger partial charge < -0.3 is 5.32 Å². The lowest BCUT2D eigenvalue weighted by molar-refractivity contribution is 0.247. The van der Waals surface area contributed by atoms with Gasteiger partial charge in [-0.15, -0.1) is 0 Å². The van der Waals surface area contributed by atoms with Crippen molar-refractivity contribution in [1.82, 2.24) is 5.32 Å². The first-order chi connectivity index (χ1) is 10.2. The standard InChI is InChI=1S/C18H25BrClN/c1-2-7-21-18(16-9-12-3-4-13(16)8-12)10-14-5-6-15(19)11-17(14)20/h5-6,11-13,16,18,21H,2-4,7-10H2,1H3. The fraction of sp³-hybridized carbons (Fsp3) is 0.667. The molecule has 2 saturated carbocycles. The second-order valence-electron chi connectivity index (χ2n) is 6.84. The molecule has 0 spiro atoms. The number of halogens is 2. The van der Waals surface area contributed by atoms with Crippen LogP contribution in [0.5, 0.6) is 0 Å². The predicted molar refractivity (Wildman–Crippen MR) is 93.9 cm³/mol.